The van der Waals surface area contributed by atoms with E-state index in [4.69, 9.17) is 16.3 Å². The smallest absolute Gasteiger partial charge is 0.306 e. The number of nitrogens with one attached hydrogen (secondary N) is 1. The van der Waals surface area contributed by atoms with Crippen LogP contribution in [0, 0.1) is 12.8 Å². The second kappa shape index (κ2) is 14.5. The molecule has 0 spiro atoms. The van der Waals surface area contributed by atoms with E-state index in [1.54, 1.807) is 4.63 Å². The van der Waals surface area contributed by atoms with Gasteiger partial charge in [0, 0.05) is 6.42 Å². The van der Waals surface area contributed by atoms with E-state index in [0.29, 0.717) is 41.9 Å². The maximum absolute atomic E-state index is 12.3. The average Bonchev–Trinajstić information content (AvgIpc) is 3.27. The van der Waals surface area contributed by atoms with Crippen molar-refractivity contribution in [1.82, 2.24) is 19.8 Å². The lowest BCUT2D eigenvalue weighted by atomic mass is 9.95. The number of rotatable bonds is 17. The lowest BCUT2D eigenvalue weighted by Crippen LogP contribution is -2.15. The molecule has 0 saturated carbocycles. The largest absolute Gasteiger partial charge is 0.465 e. The first-order valence-corrected chi connectivity index (χ1v) is 12.7. The van der Waals surface area contributed by atoms with E-state index in [2.05, 4.69) is 29.0 Å². The number of aryl methyl sites for hydroxylation is 2. The molecule has 2 heterocycles. The summed E-state index contributed by atoms with van der Waals surface area (Å²) in [5.41, 5.74) is 1.44. The van der Waals surface area contributed by atoms with Crippen LogP contribution in [-0.4, -0.2) is 32.4 Å². The van der Waals surface area contributed by atoms with Gasteiger partial charge in [0.05, 0.1) is 18.7 Å². The van der Waals surface area contributed by atoms with E-state index in [-0.39, 0.29) is 5.97 Å². The summed E-state index contributed by atoms with van der Waals surface area (Å²) in [5, 5.41) is 7.95. The molecule has 1 N–H and O–H groups in total. The lowest BCUT2D eigenvalue weighted by Gasteiger charge is -2.17. The molecule has 0 aliphatic heterocycles. The van der Waals surface area contributed by atoms with Gasteiger partial charge in [0.1, 0.15) is 5.02 Å². The van der Waals surface area contributed by atoms with Crippen LogP contribution in [0.15, 0.2) is 0 Å². The predicted octanol–water partition coefficient (Wildman–Crippen LogP) is 6.83. The molecule has 6 nitrogen and oxygen atoms in total. The van der Waals surface area contributed by atoms with Crippen LogP contribution in [0.5, 0.6) is 0 Å². The molecule has 0 bridgehead atoms. The Morgan fingerprint density at radius 2 is 1.65 bits per heavy atom. The van der Waals surface area contributed by atoms with Crippen LogP contribution < -0.4 is 0 Å². The van der Waals surface area contributed by atoms with Crippen molar-refractivity contribution in [2.24, 2.45) is 5.92 Å². The molecule has 1 atom stereocenters. The Balaban J connectivity index is 1.71. The molecule has 1 unspecified atom stereocenters. The lowest BCUT2D eigenvalue weighted by molar-refractivity contribution is -0.145. The first-order valence-electron chi connectivity index (χ1n) is 12.3. The molecule has 0 aliphatic carbocycles. The van der Waals surface area contributed by atoms with Gasteiger partial charge in [-0.3, -0.25) is 9.89 Å². The number of hydrogen-bond acceptors (Lipinski definition) is 4. The maximum atomic E-state index is 12.3. The van der Waals surface area contributed by atoms with Crippen molar-refractivity contribution < 1.29 is 9.53 Å². The Hall–Kier alpha value is -1.56. The second-order valence-corrected chi connectivity index (χ2v) is 9.15. The molecular weight excluding hydrogens is 412 g/mol. The number of fused-ring (bicyclic) bond motifs is 1. The van der Waals surface area contributed by atoms with Crippen LogP contribution in [0.2, 0.25) is 5.02 Å². The third-order valence-corrected chi connectivity index (χ3v) is 6.37. The summed E-state index contributed by atoms with van der Waals surface area (Å²) in [6.45, 7) is 6.91. The molecule has 0 aliphatic rings. The third kappa shape index (κ3) is 9.22. The van der Waals surface area contributed by atoms with E-state index in [9.17, 15) is 4.79 Å². The topological polar surface area (TPSA) is 72.3 Å². The van der Waals surface area contributed by atoms with Crippen LogP contribution in [-0.2, 0) is 16.0 Å². The van der Waals surface area contributed by atoms with Gasteiger partial charge in [0.25, 0.3) is 0 Å². The monoisotopic (exact) mass is 452 g/mol. The second-order valence-electron chi connectivity index (χ2n) is 8.77. The number of ether oxygens (including phenoxy) is 1. The molecule has 0 aromatic carbocycles. The highest BCUT2D eigenvalue weighted by Gasteiger charge is 2.15. The van der Waals surface area contributed by atoms with Crippen molar-refractivity contribution in [2.75, 3.05) is 6.61 Å². The van der Waals surface area contributed by atoms with Gasteiger partial charge in [-0.05, 0) is 25.7 Å². The minimum atomic E-state index is -0.165. The average molecular weight is 453 g/mol. The molecule has 0 fully saturated rings. The van der Waals surface area contributed by atoms with E-state index in [1.165, 1.54) is 64.2 Å². The number of hydrogen-bond donors (Lipinski definition) is 1. The van der Waals surface area contributed by atoms with Crippen molar-refractivity contribution >= 4 is 23.2 Å². The Bertz CT molecular complexity index is 771. The number of halogens is 1. The van der Waals surface area contributed by atoms with Crippen LogP contribution in [0.1, 0.15) is 109 Å². The van der Waals surface area contributed by atoms with Gasteiger partial charge in [-0.25, -0.2) is 4.98 Å². The van der Waals surface area contributed by atoms with E-state index >= 15 is 0 Å². The summed E-state index contributed by atoms with van der Waals surface area (Å²) in [6, 6.07) is 0. The zero-order valence-electron chi connectivity index (χ0n) is 19.7. The number of H-pyrrole nitrogens is 1. The Labute approximate surface area is 192 Å². The fourth-order valence-corrected chi connectivity index (χ4v) is 4.10. The quantitative estimate of drug-likeness (QED) is 0.211. The molecule has 2 rings (SSSR count). The van der Waals surface area contributed by atoms with Gasteiger partial charge in [0.2, 0.25) is 0 Å². The normalized spacial score (nSPS) is 12.5. The molecule has 0 saturated heterocycles. The van der Waals surface area contributed by atoms with E-state index < -0.39 is 0 Å². The van der Waals surface area contributed by atoms with E-state index in [1.807, 2.05) is 6.92 Å². The third-order valence-electron chi connectivity index (χ3n) is 5.91. The van der Waals surface area contributed by atoms with Crippen molar-refractivity contribution in [3.05, 3.63) is 16.5 Å². The number of aromatic amines is 1. The fraction of sp³-hybridized carbons (Fsp3) is 0.792. The first-order chi connectivity index (χ1) is 15.0. The zero-order valence-corrected chi connectivity index (χ0v) is 20.5. The summed E-state index contributed by atoms with van der Waals surface area (Å²) in [4.78, 5) is 16.7. The summed E-state index contributed by atoms with van der Waals surface area (Å²) < 4.78 is 7.20. The minimum Gasteiger partial charge on any atom is -0.465 e. The van der Waals surface area contributed by atoms with Gasteiger partial charge >= 0.3 is 5.97 Å². The van der Waals surface area contributed by atoms with Crippen LogP contribution in [0.25, 0.3) is 5.65 Å². The highest BCUT2D eigenvalue weighted by Crippen LogP contribution is 2.21. The van der Waals surface area contributed by atoms with Crippen LogP contribution in [0.3, 0.4) is 0 Å². The summed E-state index contributed by atoms with van der Waals surface area (Å²) in [7, 11) is 0. The van der Waals surface area contributed by atoms with Crippen LogP contribution in [0.4, 0.5) is 0 Å². The first kappa shape index (κ1) is 25.7. The van der Waals surface area contributed by atoms with Crippen molar-refractivity contribution in [2.45, 2.75) is 111 Å². The summed E-state index contributed by atoms with van der Waals surface area (Å²) >= 11 is 6.19. The molecule has 2 aromatic heterocycles. The number of aromatic nitrogens is 4. The summed E-state index contributed by atoms with van der Waals surface area (Å²) in [6.07, 6.45) is 15.9. The number of nitrogens with zero attached hydrogens (tertiary/aromatic N) is 3. The Morgan fingerprint density at radius 3 is 2.29 bits per heavy atom. The Morgan fingerprint density at radius 1 is 1.03 bits per heavy atom. The van der Waals surface area contributed by atoms with Gasteiger partial charge < -0.3 is 4.74 Å². The number of carbonyl (C=O) groups excluding carboxylic acids is 1. The molecule has 176 valence electrons. The van der Waals surface area contributed by atoms with Crippen molar-refractivity contribution in [3.8, 4) is 0 Å². The highest BCUT2D eigenvalue weighted by molar-refractivity contribution is 6.34. The highest BCUT2D eigenvalue weighted by atomic mass is 35.5. The summed E-state index contributed by atoms with van der Waals surface area (Å²) in [5.74, 6) is 0.924. The molecule has 0 radical (unpaired) electrons. The fourth-order valence-electron chi connectivity index (χ4n) is 3.94. The van der Waals surface area contributed by atoms with E-state index in [0.717, 1.165) is 18.5 Å². The van der Waals surface area contributed by atoms with Gasteiger partial charge in [-0.2, -0.15) is 4.63 Å². The van der Waals surface area contributed by atoms with Gasteiger partial charge in [-0.1, -0.05) is 89.7 Å². The molecular formula is C24H41ClN4O2. The zero-order chi connectivity index (χ0) is 22.5. The number of carbonyl (C=O) groups is 1. The van der Waals surface area contributed by atoms with Gasteiger partial charge in [-0.15, -0.1) is 5.10 Å². The molecule has 2 aromatic rings. The van der Waals surface area contributed by atoms with Crippen LogP contribution >= 0.6 is 11.6 Å². The number of esters is 1. The standard InChI is InChI=1S/C24H41ClN4O2/c1-4-6-8-10-11-13-15-20(14-12-9-7-5-2)18-31-22(30)17-16-21-26-24-23(25)19(3)27-29(24)28-21/h20,27H,4-18H2,1-3H3. The molecule has 0 amide bonds. The van der Waals surface area contributed by atoms with Crippen molar-refractivity contribution in [1.29, 1.82) is 0 Å². The maximum Gasteiger partial charge on any atom is 0.306 e. The Kier molecular flexibility index (Phi) is 12.0. The number of unbranched alkanes of at least 4 members (excludes halogenated alkanes) is 8. The van der Waals surface area contributed by atoms with Crippen molar-refractivity contribution in [3.63, 3.8) is 0 Å². The SMILES string of the molecule is CCCCCCCCC(CCCCCC)COC(=O)CCc1nc2c(Cl)c(C)[nH]n2n1. The predicted molar refractivity (Wildman–Crippen MR) is 127 cm³/mol. The molecule has 31 heavy (non-hydrogen) atoms. The van der Waals surface area contributed by atoms with Gasteiger partial charge in [0.15, 0.2) is 11.5 Å². The minimum absolute atomic E-state index is 0.165. The molecule has 7 heteroatoms.